The van der Waals surface area contributed by atoms with Gasteiger partial charge in [-0.3, -0.25) is 4.79 Å². The molecule has 0 atom stereocenters. The third kappa shape index (κ3) is 3.78. The second kappa shape index (κ2) is 7.45. The average molecular weight is 378 g/mol. The number of nitrogens with zero attached hydrogens (tertiary/aromatic N) is 1. The van der Waals surface area contributed by atoms with E-state index in [0.717, 1.165) is 18.2 Å². The minimum Gasteiger partial charge on any atom is -0.349 e. The Hall–Kier alpha value is -3.06. The van der Waals surface area contributed by atoms with Gasteiger partial charge in [-0.1, -0.05) is 23.7 Å². The summed E-state index contributed by atoms with van der Waals surface area (Å²) < 4.78 is 41.0. The first kappa shape index (κ1) is 17.8. The molecule has 0 bridgehead atoms. The average Bonchev–Trinajstić information content (AvgIpc) is 2.59. The van der Waals surface area contributed by atoms with Crippen molar-refractivity contribution in [2.45, 2.75) is 0 Å². The number of anilines is 3. The van der Waals surface area contributed by atoms with E-state index in [0.29, 0.717) is 5.69 Å². The van der Waals surface area contributed by atoms with E-state index in [1.165, 1.54) is 36.5 Å². The minimum atomic E-state index is -0.763. The highest BCUT2D eigenvalue weighted by Crippen LogP contribution is 2.24. The van der Waals surface area contributed by atoms with Crippen LogP contribution in [0.15, 0.2) is 54.7 Å². The van der Waals surface area contributed by atoms with Crippen LogP contribution in [0.5, 0.6) is 0 Å². The highest BCUT2D eigenvalue weighted by molar-refractivity contribution is 6.34. The number of rotatable bonds is 4. The second-order valence-corrected chi connectivity index (χ2v) is 5.61. The van der Waals surface area contributed by atoms with Crippen molar-refractivity contribution < 1.29 is 18.0 Å². The number of hydrogen-bond donors (Lipinski definition) is 2. The van der Waals surface area contributed by atoms with Crippen LogP contribution in [0.2, 0.25) is 5.02 Å². The van der Waals surface area contributed by atoms with Crippen molar-refractivity contribution in [3.05, 3.63) is 82.8 Å². The summed E-state index contributed by atoms with van der Waals surface area (Å²) in [6.07, 6.45) is 1.27. The van der Waals surface area contributed by atoms with Crippen molar-refractivity contribution in [2.75, 3.05) is 10.6 Å². The van der Waals surface area contributed by atoms with Gasteiger partial charge in [-0.15, -0.1) is 0 Å². The molecule has 0 radical (unpaired) electrons. The standard InChI is InChI=1S/C18H11ClF3N3O/c19-11-3-1-4-12(20)16(11)18(26)25-15-8-7-10(9-23-15)24-17-13(21)5-2-6-14(17)22/h1-9,24H,(H,23,25,26). The number of carbonyl (C=O) groups is 1. The molecule has 3 rings (SSSR count). The molecule has 0 aliphatic carbocycles. The Kier molecular flexibility index (Phi) is 5.09. The van der Waals surface area contributed by atoms with Crippen molar-refractivity contribution in [1.82, 2.24) is 4.98 Å². The zero-order chi connectivity index (χ0) is 18.7. The van der Waals surface area contributed by atoms with Crippen molar-refractivity contribution in [3.63, 3.8) is 0 Å². The molecular formula is C18H11ClF3N3O. The van der Waals surface area contributed by atoms with Crippen molar-refractivity contribution in [1.29, 1.82) is 0 Å². The molecule has 0 spiro atoms. The van der Waals surface area contributed by atoms with Gasteiger partial charge in [0.2, 0.25) is 0 Å². The van der Waals surface area contributed by atoms with E-state index in [4.69, 9.17) is 11.6 Å². The van der Waals surface area contributed by atoms with Crippen LogP contribution in [0.4, 0.5) is 30.4 Å². The molecule has 132 valence electrons. The fraction of sp³-hybridized carbons (Fsp3) is 0. The topological polar surface area (TPSA) is 54.0 Å². The number of nitrogens with one attached hydrogen (secondary N) is 2. The highest BCUT2D eigenvalue weighted by atomic mass is 35.5. The molecule has 4 nitrogen and oxygen atoms in total. The molecule has 1 amide bonds. The molecule has 2 N–H and O–H groups in total. The van der Waals surface area contributed by atoms with E-state index in [2.05, 4.69) is 15.6 Å². The Morgan fingerprint density at radius 2 is 1.58 bits per heavy atom. The van der Waals surface area contributed by atoms with E-state index in [9.17, 15) is 18.0 Å². The third-order valence-electron chi connectivity index (χ3n) is 3.43. The number of carbonyl (C=O) groups excluding carboxylic acids is 1. The van der Waals surface area contributed by atoms with Crippen LogP contribution < -0.4 is 10.6 Å². The zero-order valence-corrected chi connectivity index (χ0v) is 13.8. The number of amides is 1. The summed E-state index contributed by atoms with van der Waals surface area (Å²) in [4.78, 5) is 16.1. The maximum atomic E-state index is 13.7. The SMILES string of the molecule is O=C(Nc1ccc(Nc2c(F)cccc2F)cn1)c1c(F)cccc1Cl. The number of aromatic nitrogens is 1. The molecule has 0 saturated heterocycles. The lowest BCUT2D eigenvalue weighted by atomic mass is 10.2. The molecule has 0 aliphatic heterocycles. The maximum Gasteiger partial charge on any atom is 0.261 e. The summed E-state index contributed by atoms with van der Waals surface area (Å²) in [5, 5.41) is 4.94. The van der Waals surface area contributed by atoms with Crippen LogP contribution in [-0.4, -0.2) is 10.9 Å². The van der Waals surface area contributed by atoms with Gasteiger partial charge in [-0.05, 0) is 36.4 Å². The summed E-state index contributed by atoms with van der Waals surface area (Å²) in [6, 6.07) is 10.2. The van der Waals surface area contributed by atoms with E-state index in [1.807, 2.05) is 0 Å². The van der Waals surface area contributed by atoms with Crippen LogP contribution in [-0.2, 0) is 0 Å². The Morgan fingerprint density at radius 1 is 0.923 bits per heavy atom. The molecule has 3 aromatic rings. The van der Waals surface area contributed by atoms with E-state index >= 15 is 0 Å². The van der Waals surface area contributed by atoms with Crippen LogP contribution >= 0.6 is 11.6 Å². The van der Waals surface area contributed by atoms with E-state index in [1.54, 1.807) is 0 Å². The first-order valence-corrected chi connectivity index (χ1v) is 7.76. The normalized spacial score (nSPS) is 10.5. The van der Waals surface area contributed by atoms with Crippen LogP contribution in [0, 0.1) is 17.5 Å². The van der Waals surface area contributed by atoms with Gasteiger partial charge in [-0.25, -0.2) is 18.2 Å². The molecule has 26 heavy (non-hydrogen) atoms. The summed E-state index contributed by atoms with van der Waals surface area (Å²) in [6.45, 7) is 0. The smallest absolute Gasteiger partial charge is 0.261 e. The quantitative estimate of drug-likeness (QED) is 0.661. The number of hydrogen-bond acceptors (Lipinski definition) is 3. The maximum absolute atomic E-state index is 13.7. The van der Waals surface area contributed by atoms with Crippen molar-refractivity contribution in [2.24, 2.45) is 0 Å². The van der Waals surface area contributed by atoms with Gasteiger partial charge in [0.1, 0.15) is 29.0 Å². The van der Waals surface area contributed by atoms with Crippen molar-refractivity contribution >= 4 is 34.7 Å². The van der Waals surface area contributed by atoms with Gasteiger partial charge < -0.3 is 10.6 Å². The summed E-state index contributed by atoms with van der Waals surface area (Å²) >= 11 is 5.83. The highest BCUT2D eigenvalue weighted by Gasteiger charge is 2.16. The molecule has 1 aromatic heterocycles. The Morgan fingerprint density at radius 3 is 2.19 bits per heavy atom. The lowest BCUT2D eigenvalue weighted by molar-refractivity contribution is 0.102. The number of halogens is 4. The second-order valence-electron chi connectivity index (χ2n) is 5.20. The van der Waals surface area contributed by atoms with E-state index in [-0.39, 0.29) is 22.1 Å². The fourth-order valence-corrected chi connectivity index (χ4v) is 2.45. The zero-order valence-electron chi connectivity index (χ0n) is 13.1. The fourth-order valence-electron chi connectivity index (χ4n) is 2.20. The van der Waals surface area contributed by atoms with Gasteiger partial charge in [-0.2, -0.15) is 0 Å². The van der Waals surface area contributed by atoms with Crippen molar-refractivity contribution in [3.8, 4) is 0 Å². The molecule has 0 aliphatic rings. The third-order valence-corrected chi connectivity index (χ3v) is 3.74. The largest absolute Gasteiger partial charge is 0.349 e. The van der Waals surface area contributed by atoms with Crippen LogP contribution in [0.3, 0.4) is 0 Å². The predicted octanol–water partition coefficient (Wildman–Crippen LogP) is 5.15. The molecule has 2 aromatic carbocycles. The molecule has 1 heterocycles. The number of para-hydroxylation sites is 1. The van der Waals surface area contributed by atoms with Crippen LogP contribution in [0.25, 0.3) is 0 Å². The number of pyridine rings is 1. The van der Waals surface area contributed by atoms with Gasteiger partial charge >= 0.3 is 0 Å². The minimum absolute atomic E-state index is 0.0317. The van der Waals surface area contributed by atoms with E-state index < -0.39 is 23.4 Å². The molecular weight excluding hydrogens is 367 g/mol. The summed E-state index contributed by atoms with van der Waals surface area (Å²) in [5.41, 5.74) is -0.313. The summed E-state index contributed by atoms with van der Waals surface area (Å²) in [7, 11) is 0. The lowest BCUT2D eigenvalue weighted by Crippen LogP contribution is -2.15. The first-order valence-electron chi connectivity index (χ1n) is 7.38. The van der Waals surface area contributed by atoms with Gasteiger partial charge in [0.25, 0.3) is 5.91 Å². The lowest BCUT2D eigenvalue weighted by Gasteiger charge is -2.10. The molecule has 0 saturated carbocycles. The van der Waals surface area contributed by atoms with Crippen LogP contribution in [0.1, 0.15) is 10.4 Å². The molecule has 0 unspecified atom stereocenters. The summed E-state index contributed by atoms with van der Waals surface area (Å²) in [5.74, 6) is -2.91. The monoisotopic (exact) mass is 377 g/mol. The Balaban J connectivity index is 1.75. The molecule has 0 fully saturated rings. The first-order chi connectivity index (χ1) is 12.5. The van der Waals surface area contributed by atoms with Gasteiger partial charge in [0.15, 0.2) is 0 Å². The molecule has 8 heteroatoms. The Bertz CT molecular complexity index is 924. The Labute approximate surface area is 151 Å². The predicted molar refractivity (Wildman–Crippen MR) is 93.2 cm³/mol. The van der Waals surface area contributed by atoms with Gasteiger partial charge in [0.05, 0.1) is 22.5 Å². The number of benzene rings is 2. The van der Waals surface area contributed by atoms with Gasteiger partial charge in [0, 0.05) is 0 Å².